The van der Waals surface area contributed by atoms with Crippen molar-refractivity contribution in [1.29, 1.82) is 0 Å². The number of thioether (sulfide) groups is 1. The number of nitrogens with zero attached hydrogens (tertiary/aromatic N) is 2. The quantitative estimate of drug-likeness (QED) is 0.334. The van der Waals surface area contributed by atoms with E-state index in [-0.39, 0.29) is 17.5 Å². The molecule has 3 N–H and O–H groups in total. The van der Waals surface area contributed by atoms with Crippen molar-refractivity contribution in [2.24, 2.45) is 0 Å². The number of nitrogen functional groups attached to an aromatic ring is 1. The third-order valence-electron chi connectivity index (χ3n) is 3.54. The lowest BCUT2D eigenvalue weighted by Crippen LogP contribution is -2.25. The van der Waals surface area contributed by atoms with Gasteiger partial charge in [0, 0.05) is 23.9 Å². The normalized spacial score (nSPS) is 11.6. The van der Waals surface area contributed by atoms with Crippen LogP contribution >= 0.6 is 11.8 Å². The SMILES string of the molecule is C=CCn1c(N)cc(=O)nc1SC(C)C(=O)Nc1ccc(C(C)=O)cc1. The molecule has 7 nitrogen and oxygen atoms in total. The number of rotatable bonds is 7. The molecule has 1 atom stereocenters. The number of aromatic nitrogens is 2. The number of hydrogen-bond acceptors (Lipinski definition) is 6. The lowest BCUT2D eigenvalue weighted by Gasteiger charge is -2.16. The van der Waals surface area contributed by atoms with E-state index < -0.39 is 10.8 Å². The van der Waals surface area contributed by atoms with Crippen molar-refractivity contribution >= 4 is 35.0 Å². The Labute approximate surface area is 155 Å². The molecule has 1 aromatic carbocycles. The Balaban J connectivity index is 2.13. The van der Waals surface area contributed by atoms with E-state index in [1.54, 1.807) is 41.8 Å². The lowest BCUT2D eigenvalue weighted by molar-refractivity contribution is -0.115. The predicted octanol–water partition coefficient (Wildman–Crippen LogP) is 2.33. The van der Waals surface area contributed by atoms with Crippen molar-refractivity contribution in [3.63, 3.8) is 0 Å². The van der Waals surface area contributed by atoms with Gasteiger partial charge >= 0.3 is 0 Å². The maximum absolute atomic E-state index is 12.4. The van der Waals surface area contributed by atoms with Crippen molar-refractivity contribution < 1.29 is 9.59 Å². The topological polar surface area (TPSA) is 107 Å². The van der Waals surface area contributed by atoms with Gasteiger partial charge in [0.1, 0.15) is 5.82 Å². The van der Waals surface area contributed by atoms with Crippen LogP contribution in [0.5, 0.6) is 0 Å². The highest BCUT2D eigenvalue weighted by atomic mass is 32.2. The molecular formula is C18H20N4O3S. The molecule has 26 heavy (non-hydrogen) atoms. The summed E-state index contributed by atoms with van der Waals surface area (Å²) in [7, 11) is 0. The maximum atomic E-state index is 12.4. The predicted molar refractivity (Wildman–Crippen MR) is 104 cm³/mol. The number of nitrogens with one attached hydrogen (secondary N) is 1. The molecule has 136 valence electrons. The molecule has 0 aliphatic carbocycles. The Kier molecular flexibility index (Phi) is 6.35. The van der Waals surface area contributed by atoms with Crippen LogP contribution in [0.3, 0.4) is 0 Å². The molecule has 1 amide bonds. The van der Waals surface area contributed by atoms with Crippen LogP contribution in [-0.2, 0) is 11.3 Å². The van der Waals surface area contributed by atoms with Crippen molar-refractivity contribution in [1.82, 2.24) is 9.55 Å². The van der Waals surface area contributed by atoms with Gasteiger partial charge in [-0.3, -0.25) is 14.4 Å². The van der Waals surface area contributed by atoms with Gasteiger partial charge in [-0.25, -0.2) is 0 Å². The number of hydrogen-bond donors (Lipinski definition) is 2. The molecule has 8 heteroatoms. The summed E-state index contributed by atoms with van der Waals surface area (Å²) >= 11 is 1.13. The first kappa shape index (κ1) is 19.5. The summed E-state index contributed by atoms with van der Waals surface area (Å²) in [5.41, 5.74) is 6.55. The standard InChI is InChI=1S/C18H20N4O3S/c1-4-9-22-15(19)10-16(24)21-18(22)26-12(3)17(25)20-14-7-5-13(6-8-14)11(2)23/h4-8,10,12H,1,9,19H2,2-3H3,(H,20,25). The largest absolute Gasteiger partial charge is 0.385 e. The minimum Gasteiger partial charge on any atom is -0.385 e. The molecule has 0 aliphatic rings. The van der Waals surface area contributed by atoms with Crippen LogP contribution in [0.2, 0.25) is 0 Å². The van der Waals surface area contributed by atoms with E-state index in [1.165, 1.54) is 13.0 Å². The minimum atomic E-state index is -0.521. The summed E-state index contributed by atoms with van der Waals surface area (Å²) in [5, 5.41) is 2.60. The van der Waals surface area contributed by atoms with E-state index in [0.717, 1.165) is 11.8 Å². The molecule has 1 unspecified atom stereocenters. The van der Waals surface area contributed by atoms with Crippen LogP contribution in [0.4, 0.5) is 11.5 Å². The second-order valence-corrected chi connectivity index (χ2v) is 6.89. The van der Waals surface area contributed by atoms with Gasteiger partial charge < -0.3 is 15.6 Å². The molecule has 0 saturated carbocycles. The number of carbonyl (C=O) groups is 2. The number of anilines is 2. The third-order valence-corrected chi connectivity index (χ3v) is 4.63. The van der Waals surface area contributed by atoms with Gasteiger partial charge in [-0.05, 0) is 38.1 Å². The summed E-state index contributed by atoms with van der Waals surface area (Å²) in [6.07, 6.45) is 1.63. The van der Waals surface area contributed by atoms with Gasteiger partial charge in [-0.1, -0.05) is 17.8 Å². The van der Waals surface area contributed by atoms with E-state index in [2.05, 4.69) is 16.9 Å². The van der Waals surface area contributed by atoms with Crippen LogP contribution in [0, 0.1) is 0 Å². The van der Waals surface area contributed by atoms with E-state index in [0.29, 0.717) is 23.0 Å². The first-order valence-corrected chi connectivity index (χ1v) is 8.76. The summed E-state index contributed by atoms with van der Waals surface area (Å²) in [5.74, 6) is -0.0352. The molecule has 0 radical (unpaired) electrons. The third kappa shape index (κ3) is 4.82. The molecule has 1 heterocycles. The van der Waals surface area contributed by atoms with Crippen LogP contribution < -0.4 is 16.6 Å². The lowest BCUT2D eigenvalue weighted by atomic mass is 10.1. The first-order valence-electron chi connectivity index (χ1n) is 7.88. The Morgan fingerprint density at radius 3 is 2.62 bits per heavy atom. The van der Waals surface area contributed by atoms with Gasteiger partial charge in [-0.2, -0.15) is 4.98 Å². The van der Waals surface area contributed by atoms with Crippen molar-refractivity contribution in [3.8, 4) is 0 Å². The Morgan fingerprint density at radius 2 is 2.04 bits per heavy atom. The van der Waals surface area contributed by atoms with Gasteiger partial charge in [-0.15, -0.1) is 6.58 Å². The molecule has 2 rings (SSSR count). The molecular weight excluding hydrogens is 352 g/mol. The number of allylic oxidation sites excluding steroid dienone is 1. The second kappa shape index (κ2) is 8.48. The van der Waals surface area contributed by atoms with Gasteiger partial charge in [0.15, 0.2) is 10.9 Å². The Morgan fingerprint density at radius 1 is 1.38 bits per heavy atom. The molecule has 0 fully saturated rings. The van der Waals surface area contributed by atoms with E-state index in [4.69, 9.17) is 5.73 Å². The van der Waals surface area contributed by atoms with Crippen LogP contribution in [0.25, 0.3) is 0 Å². The number of benzene rings is 1. The highest BCUT2D eigenvalue weighted by Crippen LogP contribution is 2.23. The van der Waals surface area contributed by atoms with Crippen LogP contribution in [0.15, 0.2) is 52.9 Å². The maximum Gasteiger partial charge on any atom is 0.275 e. The van der Waals surface area contributed by atoms with Gasteiger partial charge in [0.25, 0.3) is 5.56 Å². The summed E-state index contributed by atoms with van der Waals surface area (Å²) in [6, 6.07) is 7.86. The summed E-state index contributed by atoms with van der Waals surface area (Å²) < 4.78 is 1.62. The van der Waals surface area contributed by atoms with Crippen molar-refractivity contribution in [3.05, 3.63) is 58.9 Å². The van der Waals surface area contributed by atoms with E-state index in [9.17, 15) is 14.4 Å². The van der Waals surface area contributed by atoms with Crippen LogP contribution in [0.1, 0.15) is 24.2 Å². The van der Waals surface area contributed by atoms with Crippen molar-refractivity contribution in [2.75, 3.05) is 11.1 Å². The van der Waals surface area contributed by atoms with Gasteiger partial charge in [0.05, 0.1) is 5.25 Å². The highest BCUT2D eigenvalue weighted by Gasteiger charge is 2.18. The summed E-state index contributed by atoms with van der Waals surface area (Å²) in [4.78, 5) is 39.3. The molecule has 0 saturated heterocycles. The fraction of sp³-hybridized carbons (Fsp3) is 0.222. The molecule has 0 spiro atoms. The number of carbonyl (C=O) groups excluding carboxylic acids is 2. The molecule has 0 bridgehead atoms. The monoisotopic (exact) mass is 372 g/mol. The van der Waals surface area contributed by atoms with Crippen molar-refractivity contribution in [2.45, 2.75) is 30.8 Å². The Bertz CT molecular complexity index is 890. The molecule has 1 aromatic heterocycles. The van der Waals surface area contributed by atoms with Crippen LogP contribution in [-0.4, -0.2) is 26.5 Å². The van der Waals surface area contributed by atoms with Gasteiger partial charge in [0.2, 0.25) is 5.91 Å². The summed E-state index contributed by atoms with van der Waals surface area (Å²) in [6.45, 7) is 7.22. The highest BCUT2D eigenvalue weighted by molar-refractivity contribution is 8.00. The molecule has 2 aromatic rings. The fourth-order valence-corrected chi connectivity index (χ4v) is 3.08. The average Bonchev–Trinajstić information content (AvgIpc) is 2.58. The first-order chi connectivity index (χ1) is 12.3. The zero-order valence-corrected chi connectivity index (χ0v) is 15.4. The Hall–Kier alpha value is -2.87. The number of Topliss-reactive ketones (excluding diaryl/α,β-unsaturated/α-hetero) is 1. The zero-order valence-electron chi connectivity index (χ0n) is 14.6. The van der Waals surface area contributed by atoms with E-state index in [1.807, 2.05) is 0 Å². The minimum absolute atomic E-state index is 0.0419. The second-order valence-electron chi connectivity index (χ2n) is 5.58. The van der Waals surface area contributed by atoms with E-state index >= 15 is 0 Å². The number of amides is 1. The fourth-order valence-electron chi connectivity index (χ4n) is 2.15. The molecule has 0 aliphatic heterocycles. The smallest absolute Gasteiger partial charge is 0.275 e. The average molecular weight is 372 g/mol. The number of nitrogens with two attached hydrogens (primary N) is 1. The number of ketones is 1. The zero-order chi connectivity index (χ0) is 19.3.